The molecule has 0 saturated heterocycles. The summed E-state index contributed by atoms with van der Waals surface area (Å²) in [6.07, 6.45) is 7.29. The minimum absolute atomic E-state index is 0.0429. The number of nitrogens with zero attached hydrogens (tertiary/aromatic N) is 4. The van der Waals surface area contributed by atoms with Crippen molar-refractivity contribution in [2.45, 2.75) is 115 Å². The van der Waals surface area contributed by atoms with Gasteiger partial charge in [-0.2, -0.15) is 0 Å². The molecule has 0 spiro atoms. The van der Waals surface area contributed by atoms with Crippen molar-refractivity contribution >= 4 is 68.0 Å². The molecule has 0 bridgehead atoms. The first-order valence-corrected chi connectivity index (χ1v) is 19.3. The third-order valence-electron chi connectivity index (χ3n) is 8.80. The number of aromatic amines is 1. The number of halogens is 1. The van der Waals surface area contributed by atoms with Crippen LogP contribution in [0.5, 0.6) is 0 Å². The maximum absolute atomic E-state index is 12.7. The first-order chi connectivity index (χ1) is 24.5. The highest BCUT2D eigenvalue weighted by molar-refractivity contribution is 14.1. The summed E-state index contributed by atoms with van der Waals surface area (Å²) in [6, 6.07) is 9.69. The van der Waals surface area contributed by atoms with Crippen molar-refractivity contribution < 1.29 is 19.4 Å². The number of thiophene rings is 1. The Bertz CT molecular complexity index is 1970. The van der Waals surface area contributed by atoms with Gasteiger partial charge in [0.1, 0.15) is 21.9 Å². The van der Waals surface area contributed by atoms with Gasteiger partial charge in [0, 0.05) is 39.5 Å². The average Bonchev–Trinajstić information content (AvgIpc) is 3.80. The second-order valence-electron chi connectivity index (χ2n) is 15.1. The third-order valence-corrected chi connectivity index (χ3v) is 10.3. The Hall–Kier alpha value is -4.19. The predicted octanol–water partition coefficient (Wildman–Crippen LogP) is 6.79. The summed E-state index contributed by atoms with van der Waals surface area (Å²) in [5.41, 5.74) is -0.800. The Balaban J connectivity index is 0.000000217. The molecule has 0 unspecified atom stereocenters. The van der Waals surface area contributed by atoms with Gasteiger partial charge in [-0.05, 0) is 138 Å². The Morgan fingerprint density at radius 3 is 2.15 bits per heavy atom. The zero-order chi connectivity index (χ0) is 37.8. The number of H-pyrrole nitrogens is 1. The van der Waals surface area contributed by atoms with E-state index < -0.39 is 23.5 Å². The molecule has 14 nitrogen and oxygen atoms in total. The SMILES string of the molecule is CC(C)(C)N(C(=O)O)[C@H]1CC[C@H](Nc2ccc(I)cn2)C1.CC(C)(C)OC(=O)N[C@H]1CC[C@H](Nc2ccc(-n3c(=O)[nH]c4ccsc4c3=O)cn2)C1. The number of hydrogen-bond acceptors (Lipinski definition) is 10. The lowest BCUT2D eigenvalue weighted by Crippen LogP contribution is -2.50. The van der Waals surface area contributed by atoms with Crippen LogP contribution in [0, 0.1) is 3.57 Å². The summed E-state index contributed by atoms with van der Waals surface area (Å²) < 4.78 is 8.00. The molecule has 0 aliphatic heterocycles. The maximum Gasteiger partial charge on any atom is 0.407 e. The lowest BCUT2D eigenvalue weighted by Gasteiger charge is -2.38. The number of ether oxygens (including phenoxy) is 1. The number of carboxylic acid groups (broad SMARTS) is 1. The number of rotatable bonds is 7. The smallest absolute Gasteiger partial charge is 0.407 e. The maximum atomic E-state index is 12.7. The summed E-state index contributed by atoms with van der Waals surface area (Å²) in [5, 5.41) is 20.9. The molecule has 4 atom stereocenters. The molecule has 16 heteroatoms. The minimum atomic E-state index is -0.833. The number of hydrogen-bond donors (Lipinski definition) is 5. The van der Waals surface area contributed by atoms with Gasteiger partial charge in [0.2, 0.25) is 0 Å². The van der Waals surface area contributed by atoms with Crippen LogP contribution in [-0.2, 0) is 4.74 Å². The molecule has 2 aliphatic rings. The number of nitrogens with one attached hydrogen (secondary N) is 4. The zero-order valence-corrected chi connectivity index (χ0v) is 33.2. The van der Waals surface area contributed by atoms with Crippen LogP contribution in [-0.4, -0.2) is 77.0 Å². The van der Waals surface area contributed by atoms with E-state index in [2.05, 4.69) is 53.5 Å². The first-order valence-electron chi connectivity index (χ1n) is 17.3. The summed E-state index contributed by atoms with van der Waals surface area (Å²) in [7, 11) is 0. The molecule has 2 fully saturated rings. The van der Waals surface area contributed by atoms with Gasteiger partial charge in [-0.1, -0.05) is 0 Å². The van der Waals surface area contributed by atoms with Gasteiger partial charge >= 0.3 is 17.9 Å². The van der Waals surface area contributed by atoms with Crippen LogP contribution in [0.1, 0.15) is 80.1 Å². The van der Waals surface area contributed by atoms with Crippen molar-refractivity contribution in [3.63, 3.8) is 0 Å². The number of aromatic nitrogens is 4. The van der Waals surface area contributed by atoms with Gasteiger partial charge in [0.25, 0.3) is 5.56 Å². The molecular weight excluding hydrogens is 799 g/mol. The molecule has 52 heavy (non-hydrogen) atoms. The fourth-order valence-electron chi connectivity index (χ4n) is 6.69. The third kappa shape index (κ3) is 10.2. The average molecular weight is 847 g/mol. The first kappa shape index (κ1) is 39.0. The Morgan fingerprint density at radius 2 is 1.56 bits per heavy atom. The van der Waals surface area contributed by atoms with Crippen LogP contribution in [0.15, 0.2) is 57.7 Å². The van der Waals surface area contributed by atoms with Gasteiger partial charge in [-0.25, -0.2) is 28.9 Å². The monoisotopic (exact) mass is 846 g/mol. The molecule has 280 valence electrons. The van der Waals surface area contributed by atoms with E-state index in [4.69, 9.17) is 4.74 Å². The molecule has 6 rings (SSSR count). The van der Waals surface area contributed by atoms with Crippen LogP contribution < -0.4 is 27.2 Å². The molecule has 4 heterocycles. The standard InChI is InChI=1S/C21H25N5O4S.C15H22IN3O2/c1-21(2,3)30-20(29)24-13-5-4-12(10-13)23-16-7-6-14(11-22-16)26-18(27)17-15(8-9-31-17)25-19(26)28;1-15(2,3)19(14(20)21)12-6-5-11(8-12)18-13-7-4-10(16)9-17-13/h6-9,11-13H,4-5,10H2,1-3H3,(H,22,23)(H,24,29)(H,25,28);4,7,9,11-12H,5-6,8H2,1-3H3,(H,17,18)(H,20,21)/t12-,13-;11-,12-/m00/s1. The predicted molar refractivity (Wildman–Crippen MR) is 212 cm³/mol. The van der Waals surface area contributed by atoms with Crippen molar-refractivity contribution in [3.8, 4) is 5.69 Å². The molecule has 2 saturated carbocycles. The van der Waals surface area contributed by atoms with Gasteiger partial charge in [-0.15, -0.1) is 11.3 Å². The number of amides is 2. The zero-order valence-electron chi connectivity index (χ0n) is 30.2. The summed E-state index contributed by atoms with van der Waals surface area (Å²) in [6.45, 7) is 11.3. The fraction of sp³-hybridized carbons (Fsp3) is 0.500. The van der Waals surface area contributed by atoms with E-state index in [0.717, 1.165) is 52.5 Å². The van der Waals surface area contributed by atoms with E-state index in [9.17, 15) is 24.3 Å². The Kier molecular flexibility index (Phi) is 12.2. The second kappa shape index (κ2) is 16.2. The molecule has 2 amide bonds. The summed E-state index contributed by atoms with van der Waals surface area (Å²) in [5.74, 6) is 1.51. The number of carbonyl (C=O) groups is 2. The van der Waals surface area contributed by atoms with Gasteiger partial charge < -0.3 is 35.7 Å². The van der Waals surface area contributed by atoms with Gasteiger partial charge in [0.05, 0.1) is 17.4 Å². The van der Waals surface area contributed by atoms with Crippen LogP contribution in [0.3, 0.4) is 0 Å². The lowest BCUT2D eigenvalue weighted by atomic mass is 10.0. The molecule has 0 radical (unpaired) electrons. The van der Waals surface area contributed by atoms with E-state index in [0.29, 0.717) is 21.7 Å². The highest BCUT2D eigenvalue weighted by Crippen LogP contribution is 2.31. The molecule has 0 aromatic carbocycles. The number of fused-ring (bicyclic) bond motifs is 1. The molecule has 5 N–H and O–H groups in total. The number of pyridine rings is 2. The highest BCUT2D eigenvalue weighted by atomic mass is 127. The van der Waals surface area contributed by atoms with E-state index in [1.165, 1.54) is 17.5 Å². The summed E-state index contributed by atoms with van der Waals surface area (Å²) in [4.78, 5) is 61.5. The molecule has 4 aromatic heterocycles. The van der Waals surface area contributed by atoms with Crippen molar-refractivity contribution in [2.24, 2.45) is 0 Å². The van der Waals surface area contributed by atoms with E-state index in [1.807, 2.05) is 59.9 Å². The molecule has 4 aromatic rings. The largest absolute Gasteiger partial charge is 0.465 e. The van der Waals surface area contributed by atoms with E-state index in [1.54, 1.807) is 28.5 Å². The van der Waals surface area contributed by atoms with Gasteiger partial charge in [0.15, 0.2) is 0 Å². The van der Waals surface area contributed by atoms with Gasteiger partial charge in [-0.3, -0.25) is 4.79 Å². The van der Waals surface area contributed by atoms with Crippen molar-refractivity contribution in [1.82, 2.24) is 29.7 Å². The van der Waals surface area contributed by atoms with Crippen LogP contribution >= 0.6 is 33.9 Å². The van der Waals surface area contributed by atoms with Crippen LogP contribution in [0.4, 0.5) is 21.2 Å². The van der Waals surface area contributed by atoms with Crippen LogP contribution in [0.25, 0.3) is 15.9 Å². The topological polar surface area (TPSA) is 184 Å². The summed E-state index contributed by atoms with van der Waals surface area (Å²) >= 11 is 3.51. The van der Waals surface area contributed by atoms with Crippen molar-refractivity contribution in [3.05, 3.63) is 72.5 Å². The van der Waals surface area contributed by atoms with Crippen LogP contribution in [0.2, 0.25) is 0 Å². The lowest BCUT2D eigenvalue weighted by molar-refractivity contribution is 0.0504. The minimum Gasteiger partial charge on any atom is -0.465 e. The van der Waals surface area contributed by atoms with E-state index in [-0.39, 0.29) is 35.3 Å². The Morgan fingerprint density at radius 1 is 0.923 bits per heavy atom. The fourth-order valence-corrected chi connectivity index (χ4v) is 7.79. The number of carbonyl (C=O) groups excluding carboxylic acids is 1. The van der Waals surface area contributed by atoms with E-state index >= 15 is 0 Å². The normalized spacial score (nSPS) is 20.1. The number of anilines is 2. The second-order valence-corrected chi connectivity index (χ2v) is 17.3. The number of alkyl carbamates (subject to hydrolysis) is 1. The van der Waals surface area contributed by atoms with Crippen molar-refractivity contribution in [2.75, 3.05) is 10.6 Å². The Labute approximate surface area is 319 Å². The quantitative estimate of drug-likeness (QED) is 0.124. The highest BCUT2D eigenvalue weighted by Gasteiger charge is 2.38. The van der Waals surface area contributed by atoms with Crippen molar-refractivity contribution in [1.29, 1.82) is 0 Å². The molecule has 2 aliphatic carbocycles. The molecular formula is C36H47IN8O6S.